The van der Waals surface area contributed by atoms with Gasteiger partial charge < -0.3 is 4.74 Å². The summed E-state index contributed by atoms with van der Waals surface area (Å²) in [7, 11) is 0. The lowest BCUT2D eigenvalue weighted by Crippen LogP contribution is -2.19. The van der Waals surface area contributed by atoms with Crippen molar-refractivity contribution in [3.63, 3.8) is 0 Å². The van der Waals surface area contributed by atoms with Crippen LogP contribution in [0.4, 0.5) is 4.79 Å². The van der Waals surface area contributed by atoms with E-state index in [4.69, 9.17) is 4.74 Å². The summed E-state index contributed by atoms with van der Waals surface area (Å²) in [6.07, 6.45) is 8.11. The van der Waals surface area contributed by atoms with Crippen molar-refractivity contribution >= 4 is 29.0 Å². The molecule has 4 nitrogen and oxygen atoms in total. The largest absolute Gasteiger partial charge is 0.490 e. The lowest BCUT2D eigenvalue weighted by Gasteiger charge is -2.22. The molecule has 0 unspecified atom stereocenters. The number of carbonyl (C=O) groups is 2. The monoisotopic (exact) mass is 303 g/mol. The maximum atomic E-state index is 11.5. The Morgan fingerprint density at radius 2 is 1.81 bits per heavy atom. The molecule has 1 aromatic carbocycles. The molecule has 1 heterocycles. The summed E-state index contributed by atoms with van der Waals surface area (Å²) >= 11 is 0.931. The molecule has 2 amide bonds. The molecule has 110 valence electrons. The van der Waals surface area contributed by atoms with Gasteiger partial charge in [-0.05, 0) is 61.2 Å². The first-order chi connectivity index (χ1) is 10.2. The van der Waals surface area contributed by atoms with E-state index in [0.717, 1.165) is 35.9 Å². The van der Waals surface area contributed by atoms with Gasteiger partial charge in [0, 0.05) is 0 Å². The first kappa shape index (κ1) is 14.2. The predicted molar refractivity (Wildman–Crippen MR) is 83.0 cm³/mol. The van der Waals surface area contributed by atoms with Gasteiger partial charge in [0.2, 0.25) is 0 Å². The second kappa shape index (κ2) is 6.35. The van der Waals surface area contributed by atoms with Crippen LogP contribution in [0.25, 0.3) is 6.08 Å². The average molecular weight is 303 g/mol. The quantitative estimate of drug-likeness (QED) is 0.865. The van der Waals surface area contributed by atoms with E-state index in [0.29, 0.717) is 11.0 Å². The summed E-state index contributed by atoms with van der Waals surface area (Å²) < 4.78 is 5.96. The zero-order chi connectivity index (χ0) is 14.7. The molecule has 0 bridgehead atoms. The first-order valence-corrected chi connectivity index (χ1v) is 8.04. The van der Waals surface area contributed by atoms with Crippen molar-refractivity contribution in [1.82, 2.24) is 5.32 Å². The van der Waals surface area contributed by atoms with E-state index in [1.807, 2.05) is 24.3 Å². The number of amides is 2. The number of carbonyl (C=O) groups excluding carboxylic acids is 2. The van der Waals surface area contributed by atoms with Crippen LogP contribution in [0.15, 0.2) is 29.2 Å². The van der Waals surface area contributed by atoms with Crippen molar-refractivity contribution in [2.24, 2.45) is 0 Å². The molecule has 2 aliphatic rings. The van der Waals surface area contributed by atoms with Gasteiger partial charge in [-0.2, -0.15) is 0 Å². The van der Waals surface area contributed by atoms with Crippen LogP contribution in [0.5, 0.6) is 5.75 Å². The van der Waals surface area contributed by atoms with Crippen LogP contribution in [-0.4, -0.2) is 17.3 Å². The number of ether oxygens (including phenoxy) is 1. The van der Waals surface area contributed by atoms with Crippen LogP contribution < -0.4 is 10.1 Å². The van der Waals surface area contributed by atoms with E-state index in [1.165, 1.54) is 19.3 Å². The molecule has 3 rings (SSSR count). The smallest absolute Gasteiger partial charge is 0.290 e. The van der Waals surface area contributed by atoms with E-state index >= 15 is 0 Å². The molecular weight excluding hydrogens is 286 g/mol. The van der Waals surface area contributed by atoms with Crippen molar-refractivity contribution in [3.05, 3.63) is 34.7 Å². The normalized spacial score (nSPS) is 21.6. The van der Waals surface area contributed by atoms with E-state index in [2.05, 4.69) is 5.32 Å². The van der Waals surface area contributed by atoms with Crippen LogP contribution in [0, 0.1) is 0 Å². The zero-order valence-corrected chi connectivity index (χ0v) is 12.4. The molecule has 0 radical (unpaired) electrons. The summed E-state index contributed by atoms with van der Waals surface area (Å²) in [5.74, 6) is 0.538. The highest BCUT2D eigenvalue weighted by atomic mass is 32.2. The standard InChI is InChI=1S/C16H17NO3S/c18-15-14(21-16(19)17-15)10-11-6-8-13(9-7-11)20-12-4-2-1-3-5-12/h6-10,12H,1-5H2,(H,17,18,19). The Morgan fingerprint density at radius 3 is 2.43 bits per heavy atom. The maximum Gasteiger partial charge on any atom is 0.290 e. The van der Waals surface area contributed by atoms with Crippen molar-refractivity contribution in [2.75, 3.05) is 0 Å². The maximum absolute atomic E-state index is 11.5. The lowest BCUT2D eigenvalue weighted by atomic mass is 9.98. The molecule has 21 heavy (non-hydrogen) atoms. The van der Waals surface area contributed by atoms with Gasteiger partial charge in [-0.1, -0.05) is 18.6 Å². The second-order valence-electron chi connectivity index (χ2n) is 5.30. The fourth-order valence-corrected chi connectivity index (χ4v) is 3.27. The Hall–Kier alpha value is -1.75. The third-order valence-corrected chi connectivity index (χ3v) is 4.49. The van der Waals surface area contributed by atoms with Crippen LogP contribution >= 0.6 is 11.8 Å². The fourth-order valence-electron chi connectivity index (χ4n) is 2.59. The summed E-state index contributed by atoms with van der Waals surface area (Å²) in [4.78, 5) is 23.0. The van der Waals surface area contributed by atoms with Crippen LogP contribution in [0.3, 0.4) is 0 Å². The Bertz CT molecular complexity index is 574. The molecule has 1 aliphatic heterocycles. The molecule has 5 heteroatoms. The highest BCUT2D eigenvalue weighted by Gasteiger charge is 2.24. The molecule has 1 saturated heterocycles. The molecule has 0 aromatic heterocycles. The minimum absolute atomic E-state index is 0.316. The Morgan fingerprint density at radius 1 is 1.10 bits per heavy atom. The molecule has 1 saturated carbocycles. The van der Waals surface area contributed by atoms with Gasteiger partial charge in [0.05, 0.1) is 11.0 Å². The average Bonchev–Trinajstić information content (AvgIpc) is 2.80. The molecule has 0 spiro atoms. The summed E-state index contributed by atoms with van der Waals surface area (Å²) in [5.41, 5.74) is 0.887. The van der Waals surface area contributed by atoms with E-state index in [-0.39, 0.29) is 11.1 Å². The van der Waals surface area contributed by atoms with Gasteiger partial charge in [0.15, 0.2) is 0 Å². The van der Waals surface area contributed by atoms with Gasteiger partial charge in [-0.15, -0.1) is 0 Å². The summed E-state index contributed by atoms with van der Waals surface area (Å²) in [5, 5.41) is 1.93. The molecule has 1 N–H and O–H groups in total. The molecule has 2 fully saturated rings. The molecule has 0 atom stereocenters. The Balaban J connectivity index is 1.65. The Kier molecular flexibility index (Phi) is 4.29. The molecule has 1 aliphatic carbocycles. The third-order valence-electron chi connectivity index (χ3n) is 3.67. The minimum Gasteiger partial charge on any atom is -0.490 e. The van der Waals surface area contributed by atoms with E-state index in [9.17, 15) is 9.59 Å². The Labute approximate surface area is 127 Å². The molecule has 1 aromatic rings. The molecular formula is C16H17NO3S. The summed E-state index contributed by atoms with van der Waals surface area (Å²) in [6.45, 7) is 0. The highest BCUT2D eigenvalue weighted by molar-refractivity contribution is 8.18. The zero-order valence-electron chi connectivity index (χ0n) is 11.6. The van der Waals surface area contributed by atoms with E-state index < -0.39 is 0 Å². The van der Waals surface area contributed by atoms with Crippen molar-refractivity contribution in [2.45, 2.75) is 38.2 Å². The van der Waals surface area contributed by atoms with Gasteiger partial charge in [0.1, 0.15) is 5.75 Å². The lowest BCUT2D eigenvalue weighted by molar-refractivity contribution is -0.115. The number of hydrogen-bond donors (Lipinski definition) is 1. The number of rotatable bonds is 3. The van der Waals surface area contributed by atoms with Gasteiger partial charge >= 0.3 is 0 Å². The van der Waals surface area contributed by atoms with Crippen molar-refractivity contribution in [1.29, 1.82) is 0 Å². The number of hydrogen-bond acceptors (Lipinski definition) is 4. The number of nitrogens with one attached hydrogen (secondary N) is 1. The SMILES string of the molecule is O=C1NC(=O)C(=Cc2ccc(OC3CCCCC3)cc2)S1. The second-order valence-corrected chi connectivity index (χ2v) is 6.31. The number of imide groups is 1. The van der Waals surface area contributed by atoms with Crippen molar-refractivity contribution in [3.8, 4) is 5.75 Å². The minimum atomic E-state index is -0.326. The summed E-state index contributed by atoms with van der Waals surface area (Å²) in [6, 6.07) is 7.64. The van der Waals surface area contributed by atoms with Gasteiger partial charge in [0.25, 0.3) is 11.1 Å². The fraction of sp³-hybridized carbons (Fsp3) is 0.375. The number of thioether (sulfide) groups is 1. The number of benzene rings is 1. The van der Waals surface area contributed by atoms with Crippen LogP contribution in [0.2, 0.25) is 0 Å². The third kappa shape index (κ3) is 3.67. The van der Waals surface area contributed by atoms with Gasteiger partial charge in [-0.25, -0.2) is 0 Å². The first-order valence-electron chi connectivity index (χ1n) is 7.22. The van der Waals surface area contributed by atoms with Crippen LogP contribution in [-0.2, 0) is 4.79 Å². The van der Waals surface area contributed by atoms with Gasteiger partial charge in [-0.3, -0.25) is 14.9 Å². The topological polar surface area (TPSA) is 55.4 Å². The van der Waals surface area contributed by atoms with Crippen LogP contribution in [0.1, 0.15) is 37.7 Å². The highest BCUT2D eigenvalue weighted by Crippen LogP contribution is 2.27. The van der Waals surface area contributed by atoms with E-state index in [1.54, 1.807) is 6.08 Å². The van der Waals surface area contributed by atoms with Crippen molar-refractivity contribution < 1.29 is 14.3 Å². The predicted octanol–water partition coefficient (Wildman–Crippen LogP) is 3.72.